The molecule has 5 aromatic rings. The van der Waals surface area contributed by atoms with E-state index in [9.17, 15) is 5.26 Å². The summed E-state index contributed by atoms with van der Waals surface area (Å²) >= 11 is 0. The summed E-state index contributed by atoms with van der Waals surface area (Å²) in [5.41, 5.74) is 8.75. The number of pyridine rings is 1. The number of aryl methyl sites for hydroxylation is 3. The SMILES string of the molecule is Cc1ccc2c(oc3c(-c4ccccc4C#N)ccc(C)c32)c1-c1cccc[n+]1C. The molecule has 0 amide bonds. The Morgan fingerprint density at radius 3 is 2.37 bits per heavy atom. The third-order valence-corrected chi connectivity index (χ3v) is 5.85. The first-order chi connectivity index (χ1) is 14.6. The summed E-state index contributed by atoms with van der Waals surface area (Å²) in [5, 5.41) is 11.8. The van der Waals surface area contributed by atoms with Gasteiger partial charge in [0.25, 0.3) is 0 Å². The molecule has 0 unspecified atom stereocenters. The lowest BCUT2D eigenvalue weighted by atomic mass is 9.95. The van der Waals surface area contributed by atoms with Crippen LogP contribution in [0.5, 0.6) is 0 Å². The molecule has 0 N–H and O–H groups in total. The molecule has 3 heteroatoms. The Balaban J connectivity index is 1.93. The van der Waals surface area contributed by atoms with Gasteiger partial charge >= 0.3 is 0 Å². The highest BCUT2D eigenvalue weighted by molar-refractivity contribution is 6.14. The van der Waals surface area contributed by atoms with Gasteiger partial charge in [-0.1, -0.05) is 42.5 Å². The first kappa shape index (κ1) is 18.1. The number of furan rings is 1. The summed E-state index contributed by atoms with van der Waals surface area (Å²) in [7, 11) is 2.05. The normalized spacial score (nSPS) is 11.1. The van der Waals surface area contributed by atoms with Gasteiger partial charge in [0.1, 0.15) is 18.2 Å². The van der Waals surface area contributed by atoms with Gasteiger partial charge in [0.05, 0.1) is 17.2 Å². The molecule has 2 aromatic heterocycles. The van der Waals surface area contributed by atoms with E-state index in [-0.39, 0.29) is 0 Å². The Morgan fingerprint density at radius 1 is 0.800 bits per heavy atom. The average molecular weight is 389 g/mol. The third kappa shape index (κ3) is 2.62. The number of aromatic nitrogens is 1. The van der Waals surface area contributed by atoms with Crippen molar-refractivity contribution in [1.82, 2.24) is 0 Å². The summed E-state index contributed by atoms with van der Waals surface area (Å²) in [4.78, 5) is 0. The maximum Gasteiger partial charge on any atom is 0.216 e. The topological polar surface area (TPSA) is 40.8 Å². The van der Waals surface area contributed by atoms with E-state index >= 15 is 0 Å². The molecule has 0 radical (unpaired) electrons. The molecule has 0 atom stereocenters. The van der Waals surface area contributed by atoms with E-state index in [0.717, 1.165) is 49.9 Å². The van der Waals surface area contributed by atoms with Crippen LogP contribution in [0.3, 0.4) is 0 Å². The molecule has 0 aliphatic rings. The molecular formula is C27H21N2O+. The fourth-order valence-corrected chi connectivity index (χ4v) is 4.34. The Morgan fingerprint density at radius 2 is 1.57 bits per heavy atom. The second-order valence-electron chi connectivity index (χ2n) is 7.72. The zero-order chi connectivity index (χ0) is 20.8. The van der Waals surface area contributed by atoms with Crippen molar-refractivity contribution in [2.24, 2.45) is 7.05 Å². The summed E-state index contributed by atoms with van der Waals surface area (Å²) in [5.74, 6) is 0. The highest BCUT2D eigenvalue weighted by Gasteiger charge is 2.22. The Kier molecular flexibility index (Phi) is 4.15. The molecule has 0 aliphatic carbocycles. The molecule has 30 heavy (non-hydrogen) atoms. The Labute approximate surface area is 175 Å². The van der Waals surface area contributed by atoms with Crippen molar-refractivity contribution in [2.75, 3.05) is 0 Å². The Hall–Kier alpha value is -3.90. The second kappa shape index (κ2) is 6.86. The van der Waals surface area contributed by atoms with Gasteiger partial charge in [-0.25, -0.2) is 4.57 Å². The maximum atomic E-state index is 9.62. The molecule has 3 nitrogen and oxygen atoms in total. The monoisotopic (exact) mass is 389 g/mol. The molecule has 2 heterocycles. The van der Waals surface area contributed by atoms with Gasteiger partial charge in [0.2, 0.25) is 5.69 Å². The van der Waals surface area contributed by atoms with E-state index < -0.39 is 0 Å². The molecule has 0 bridgehead atoms. The summed E-state index contributed by atoms with van der Waals surface area (Å²) in [6.07, 6.45) is 2.05. The smallest absolute Gasteiger partial charge is 0.216 e. The largest absolute Gasteiger partial charge is 0.454 e. The molecule has 0 aliphatic heterocycles. The molecule has 3 aromatic carbocycles. The van der Waals surface area contributed by atoms with Gasteiger partial charge in [0.15, 0.2) is 6.20 Å². The molecular weight excluding hydrogens is 368 g/mol. The number of nitrogens with zero attached hydrogens (tertiary/aromatic N) is 2. The lowest BCUT2D eigenvalue weighted by molar-refractivity contribution is -0.660. The van der Waals surface area contributed by atoms with Crippen molar-refractivity contribution >= 4 is 21.9 Å². The van der Waals surface area contributed by atoms with Crippen LogP contribution in [-0.2, 0) is 7.05 Å². The van der Waals surface area contributed by atoms with Crippen LogP contribution in [0.15, 0.2) is 77.3 Å². The lowest BCUT2D eigenvalue weighted by Crippen LogP contribution is -2.30. The molecule has 5 rings (SSSR count). The fourth-order valence-electron chi connectivity index (χ4n) is 4.34. The zero-order valence-electron chi connectivity index (χ0n) is 17.2. The minimum atomic E-state index is 0.647. The van der Waals surface area contributed by atoms with Gasteiger partial charge in [-0.3, -0.25) is 0 Å². The van der Waals surface area contributed by atoms with Crippen LogP contribution < -0.4 is 4.57 Å². The highest BCUT2D eigenvalue weighted by Crippen LogP contribution is 2.42. The highest BCUT2D eigenvalue weighted by atomic mass is 16.3. The fraction of sp³-hybridized carbons (Fsp3) is 0.111. The quantitative estimate of drug-likeness (QED) is 0.336. The van der Waals surface area contributed by atoms with Crippen LogP contribution in [-0.4, -0.2) is 0 Å². The maximum absolute atomic E-state index is 9.62. The molecule has 0 saturated carbocycles. The van der Waals surface area contributed by atoms with Gasteiger partial charge in [-0.05, 0) is 37.1 Å². The van der Waals surface area contributed by atoms with Crippen molar-refractivity contribution in [1.29, 1.82) is 5.26 Å². The summed E-state index contributed by atoms with van der Waals surface area (Å²) in [6.45, 7) is 4.23. The Bertz CT molecular complexity index is 1480. The van der Waals surface area contributed by atoms with Crippen LogP contribution in [0.2, 0.25) is 0 Å². The van der Waals surface area contributed by atoms with E-state index in [0.29, 0.717) is 5.56 Å². The zero-order valence-corrected chi connectivity index (χ0v) is 17.2. The standard InChI is InChI=1S/C27H21N2O/c1-17-11-13-21(20-9-5-4-8-19(20)16-28)26-24(17)22-14-12-18(2)25(27(22)30-26)23-10-6-7-15-29(23)3/h4-15H,1-3H3/q+1. The van der Waals surface area contributed by atoms with Crippen LogP contribution in [0.25, 0.3) is 44.3 Å². The van der Waals surface area contributed by atoms with Crippen molar-refractivity contribution < 1.29 is 8.98 Å². The van der Waals surface area contributed by atoms with Crippen molar-refractivity contribution in [3.63, 3.8) is 0 Å². The van der Waals surface area contributed by atoms with Gasteiger partial charge < -0.3 is 4.42 Å². The second-order valence-corrected chi connectivity index (χ2v) is 7.72. The first-order valence-electron chi connectivity index (χ1n) is 10.00. The number of hydrogen-bond donors (Lipinski definition) is 0. The number of rotatable bonds is 2. The van der Waals surface area contributed by atoms with Crippen molar-refractivity contribution in [2.45, 2.75) is 13.8 Å². The van der Waals surface area contributed by atoms with Crippen LogP contribution in [0.4, 0.5) is 0 Å². The van der Waals surface area contributed by atoms with Crippen molar-refractivity contribution in [3.8, 4) is 28.5 Å². The van der Waals surface area contributed by atoms with Crippen LogP contribution in [0.1, 0.15) is 16.7 Å². The van der Waals surface area contributed by atoms with E-state index in [2.05, 4.69) is 74.1 Å². The average Bonchev–Trinajstić information content (AvgIpc) is 3.15. The summed E-state index contributed by atoms with van der Waals surface area (Å²) in [6, 6.07) is 24.7. The summed E-state index contributed by atoms with van der Waals surface area (Å²) < 4.78 is 8.74. The number of nitriles is 1. The van der Waals surface area contributed by atoms with E-state index in [1.807, 2.05) is 30.3 Å². The van der Waals surface area contributed by atoms with Crippen LogP contribution in [0, 0.1) is 25.2 Å². The molecule has 0 spiro atoms. The van der Waals surface area contributed by atoms with Gasteiger partial charge in [0, 0.05) is 34.0 Å². The predicted molar refractivity (Wildman–Crippen MR) is 120 cm³/mol. The lowest BCUT2D eigenvalue weighted by Gasteiger charge is -2.06. The van der Waals surface area contributed by atoms with Gasteiger partial charge in [-0.2, -0.15) is 5.26 Å². The van der Waals surface area contributed by atoms with E-state index in [1.165, 1.54) is 5.56 Å². The predicted octanol–water partition coefficient (Wildman–Crippen LogP) is 6.23. The number of fused-ring (bicyclic) bond motifs is 3. The van der Waals surface area contributed by atoms with Crippen molar-refractivity contribution in [3.05, 3.63) is 89.6 Å². The molecule has 0 saturated heterocycles. The number of hydrogen-bond acceptors (Lipinski definition) is 2. The van der Waals surface area contributed by atoms with Crippen LogP contribution >= 0.6 is 0 Å². The minimum Gasteiger partial charge on any atom is -0.454 e. The molecule has 144 valence electrons. The van der Waals surface area contributed by atoms with E-state index in [1.54, 1.807) is 0 Å². The van der Waals surface area contributed by atoms with E-state index in [4.69, 9.17) is 4.42 Å². The first-order valence-corrected chi connectivity index (χ1v) is 10.00. The third-order valence-electron chi connectivity index (χ3n) is 5.85. The minimum absolute atomic E-state index is 0.647. The molecule has 0 fully saturated rings. The van der Waals surface area contributed by atoms with Gasteiger partial charge in [-0.15, -0.1) is 0 Å². The number of benzene rings is 3.